The van der Waals surface area contributed by atoms with E-state index in [9.17, 15) is 4.79 Å². The molecule has 0 radical (unpaired) electrons. The zero-order valence-corrected chi connectivity index (χ0v) is 13.8. The number of hydrogen-bond donors (Lipinski definition) is 1. The van der Waals surface area contributed by atoms with Crippen LogP contribution in [0.4, 0.5) is 0 Å². The van der Waals surface area contributed by atoms with Crippen LogP contribution in [0.25, 0.3) is 0 Å². The van der Waals surface area contributed by atoms with E-state index in [4.69, 9.17) is 0 Å². The van der Waals surface area contributed by atoms with Crippen molar-refractivity contribution < 1.29 is 4.79 Å². The van der Waals surface area contributed by atoms with Gasteiger partial charge in [-0.05, 0) is 50.2 Å². The first-order valence-electron chi connectivity index (χ1n) is 8.17. The number of hydrogen-bond acceptors (Lipinski definition) is 3. The summed E-state index contributed by atoms with van der Waals surface area (Å²) in [4.78, 5) is 17.9. The molecular weight excluding hydrogens is 280 g/mol. The predicted octanol–water partition coefficient (Wildman–Crippen LogP) is 3.60. The second-order valence-electron chi connectivity index (χ2n) is 7.53. The molecule has 21 heavy (non-hydrogen) atoms. The van der Waals surface area contributed by atoms with Gasteiger partial charge in [0, 0.05) is 16.3 Å². The van der Waals surface area contributed by atoms with Gasteiger partial charge in [0.25, 0.3) is 0 Å². The molecule has 3 nitrogen and oxygen atoms in total. The minimum Gasteiger partial charge on any atom is -0.320 e. The largest absolute Gasteiger partial charge is 0.320 e. The van der Waals surface area contributed by atoms with E-state index < -0.39 is 0 Å². The fourth-order valence-electron chi connectivity index (χ4n) is 3.90. The lowest BCUT2D eigenvalue weighted by Gasteiger charge is -2.26. The maximum absolute atomic E-state index is 13.1. The van der Waals surface area contributed by atoms with Crippen LogP contribution in [0.5, 0.6) is 0 Å². The van der Waals surface area contributed by atoms with Crippen molar-refractivity contribution >= 4 is 17.2 Å². The number of rotatable bonds is 3. The molecule has 3 fully saturated rings. The van der Waals surface area contributed by atoms with Gasteiger partial charge in [-0.25, -0.2) is 0 Å². The molecule has 1 saturated heterocycles. The third-order valence-corrected chi connectivity index (χ3v) is 6.59. The second kappa shape index (κ2) is 4.56. The zero-order valence-electron chi connectivity index (χ0n) is 12.9. The molecule has 0 aromatic carbocycles. The van der Waals surface area contributed by atoms with E-state index in [1.807, 2.05) is 11.3 Å². The Hall–Kier alpha value is -0.870. The first kappa shape index (κ1) is 13.8. The Balaban J connectivity index is 1.67. The highest BCUT2D eigenvalue weighted by Crippen LogP contribution is 2.49. The van der Waals surface area contributed by atoms with Crippen LogP contribution in [-0.2, 0) is 4.79 Å². The van der Waals surface area contributed by atoms with E-state index >= 15 is 0 Å². The van der Waals surface area contributed by atoms with E-state index in [-0.39, 0.29) is 11.7 Å². The second-order valence-corrected chi connectivity index (χ2v) is 8.85. The lowest BCUT2D eigenvalue weighted by Crippen LogP contribution is -2.44. The van der Waals surface area contributed by atoms with Crippen LogP contribution >= 0.6 is 11.3 Å². The first-order chi connectivity index (χ1) is 10.0. The van der Waals surface area contributed by atoms with Crippen LogP contribution in [0.2, 0.25) is 0 Å². The summed E-state index contributed by atoms with van der Waals surface area (Å²) in [5, 5.41) is 3.73. The Kier molecular flexibility index (Phi) is 2.99. The summed E-state index contributed by atoms with van der Waals surface area (Å²) in [6.45, 7) is 5.38. The lowest BCUT2D eigenvalue weighted by atomic mass is 9.97. The van der Waals surface area contributed by atoms with Crippen molar-refractivity contribution in [3.05, 3.63) is 21.9 Å². The molecule has 2 heterocycles. The van der Waals surface area contributed by atoms with Gasteiger partial charge in [0.1, 0.15) is 6.17 Å². The van der Waals surface area contributed by atoms with Crippen LogP contribution in [-0.4, -0.2) is 22.9 Å². The van der Waals surface area contributed by atoms with E-state index in [1.165, 1.54) is 35.4 Å². The molecule has 1 aromatic rings. The Bertz CT molecular complexity index is 569. The summed E-state index contributed by atoms with van der Waals surface area (Å²) in [6.07, 6.45) is 7.02. The molecule has 1 unspecified atom stereocenters. The fourth-order valence-corrected chi connectivity index (χ4v) is 4.84. The van der Waals surface area contributed by atoms with Gasteiger partial charge in [-0.2, -0.15) is 0 Å². The summed E-state index contributed by atoms with van der Waals surface area (Å²) < 4.78 is 0. The minimum atomic E-state index is -0.256. The molecule has 1 amide bonds. The van der Waals surface area contributed by atoms with Crippen molar-refractivity contribution in [1.82, 2.24) is 10.2 Å². The summed E-state index contributed by atoms with van der Waals surface area (Å²) >= 11 is 1.82. The van der Waals surface area contributed by atoms with Gasteiger partial charge in [0.15, 0.2) is 0 Å². The number of carbonyl (C=O) groups is 1. The Morgan fingerprint density at radius 3 is 2.57 bits per heavy atom. The van der Waals surface area contributed by atoms with Gasteiger partial charge >= 0.3 is 0 Å². The molecule has 1 spiro atoms. The Morgan fingerprint density at radius 2 is 2.00 bits per heavy atom. The van der Waals surface area contributed by atoms with Crippen molar-refractivity contribution in [3.63, 3.8) is 0 Å². The molecule has 4 heteroatoms. The highest BCUT2D eigenvalue weighted by atomic mass is 32.1. The number of carbonyl (C=O) groups excluding carboxylic acids is 1. The quantitative estimate of drug-likeness (QED) is 0.925. The van der Waals surface area contributed by atoms with Crippen molar-refractivity contribution in [2.75, 3.05) is 6.54 Å². The number of nitrogens with zero attached hydrogens (tertiary/aromatic N) is 1. The standard InChI is InChI=1S/C17H24N2OS/c1-12-5-6-13(21-12)14-18-17(7-3-4-8-17)15(20)19(14)11-16(2)9-10-16/h5-6,14,18H,3-4,7-11H2,1-2H3. The number of aryl methyl sites for hydroxylation is 1. The molecule has 114 valence electrons. The lowest BCUT2D eigenvalue weighted by molar-refractivity contribution is -0.134. The maximum Gasteiger partial charge on any atom is 0.244 e. The van der Waals surface area contributed by atoms with E-state index in [0.29, 0.717) is 11.3 Å². The number of amides is 1. The monoisotopic (exact) mass is 304 g/mol. The highest BCUT2D eigenvalue weighted by molar-refractivity contribution is 7.12. The zero-order chi connectivity index (χ0) is 14.7. The fraction of sp³-hybridized carbons (Fsp3) is 0.706. The number of thiophene rings is 1. The molecule has 1 atom stereocenters. The van der Waals surface area contributed by atoms with Crippen LogP contribution < -0.4 is 5.32 Å². The summed E-state index contributed by atoms with van der Waals surface area (Å²) in [7, 11) is 0. The SMILES string of the molecule is Cc1ccc(C2NC3(CCCC3)C(=O)N2CC2(C)CC2)s1. The van der Waals surface area contributed by atoms with Gasteiger partial charge in [-0.1, -0.05) is 19.8 Å². The van der Waals surface area contributed by atoms with Gasteiger partial charge in [0.2, 0.25) is 5.91 Å². The van der Waals surface area contributed by atoms with E-state index in [2.05, 4.69) is 36.2 Å². The van der Waals surface area contributed by atoms with Crippen molar-refractivity contribution in [2.45, 2.75) is 64.1 Å². The summed E-state index contributed by atoms with van der Waals surface area (Å²) in [6, 6.07) is 4.37. The molecular formula is C17H24N2OS. The van der Waals surface area contributed by atoms with Crippen LogP contribution in [0.15, 0.2) is 12.1 Å². The number of nitrogens with one attached hydrogen (secondary N) is 1. The summed E-state index contributed by atoms with van der Waals surface area (Å²) in [5.74, 6) is 0.365. The molecule has 2 saturated carbocycles. The topological polar surface area (TPSA) is 32.3 Å². The Morgan fingerprint density at radius 1 is 1.29 bits per heavy atom. The van der Waals surface area contributed by atoms with Gasteiger partial charge in [-0.3, -0.25) is 10.1 Å². The average Bonchev–Trinajstić information content (AvgIpc) is 2.86. The molecule has 1 N–H and O–H groups in total. The van der Waals surface area contributed by atoms with Gasteiger partial charge < -0.3 is 4.90 Å². The van der Waals surface area contributed by atoms with E-state index in [1.54, 1.807) is 0 Å². The van der Waals surface area contributed by atoms with Crippen molar-refractivity contribution in [3.8, 4) is 0 Å². The van der Waals surface area contributed by atoms with Gasteiger partial charge in [-0.15, -0.1) is 11.3 Å². The van der Waals surface area contributed by atoms with Crippen LogP contribution in [0.3, 0.4) is 0 Å². The normalized spacial score (nSPS) is 29.5. The molecule has 1 aliphatic heterocycles. The molecule has 1 aromatic heterocycles. The van der Waals surface area contributed by atoms with Crippen molar-refractivity contribution in [2.24, 2.45) is 5.41 Å². The third kappa shape index (κ3) is 2.23. The molecule has 4 rings (SSSR count). The van der Waals surface area contributed by atoms with Crippen molar-refractivity contribution in [1.29, 1.82) is 0 Å². The molecule has 2 aliphatic carbocycles. The first-order valence-corrected chi connectivity index (χ1v) is 8.98. The smallest absolute Gasteiger partial charge is 0.244 e. The molecule has 3 aliphatic rings. The minimum absolute atomic E-state index is 0.103. The predicted molar refractivity (Wildman–Crippen MR) is 85.2 cm³/mol. The third-order valence-electron chi connectivity index (χ3n) is 5.54. The highest BCUT2D eigenvalue weighted by Gasteiger charge is 2.55. The van der Waals surface area contributed by atoms with Gasteiger partial charge in [0.05, 0.1) is 5.54 Å². The molecule has 0 bridgehead atoms. The maximum atomic E-state index is 13.1. The van der Waals surface area contributed by atoms with Crippen LogP contribution in [0.1, 0.15) is 61.4 Å². The van der Waals surface area contributed by atoms with Crippen LogP contribution in [0, 0.1) is 12.3 Å². The summed E-state index contributed by atoms with van der Waals surface area (Å²) in [5.41, 5.74) is 0.111. The Labute approximate surface area is 130 Å². The average molecular weight is 304 g/mol. The van der Waals surface area contributed by atoms with E-state index in [0.717, 1.165) is 19.4 Å².